The van der Waals surface area contributed by atoms with E-state index >= 15 is 0 Å². The van der Waals surface area contributed by atoms with Gasteiger partial charge in [-0.2, -0.15) is 4.98 Å². The molecule has 0 saturated carbocycles. The third-order valence-electron chi connectivity index (χ3n) is 3.18. The van der Waals surface area contributed by atoms with Crippen molar-refractivity contribution in [3.05, 3.63) is 12.3 Å². The van der Waals surface area contributed by atoms with Gasteiger partial charge in [-0.25, -0.2) is 4.98 Å². The summed E-state index contributed by atoms with van der Waals surface area (Å²) in [6.45, 7) is 8.42. The maximum atomic E-state index is 9.36. The van der Waals surface area contributed by atoms with E-state index in [0.29, 0.717) is 12.5 Å². The lowest BCUT2D eigenvalue weighted by atomic mass is 10.1. The molecule has 2 rings (SSSR count). The molecule has 1 aliphatic rings. The lowest BCUT2D eigenvalue weighted by molar-refractivity contribution is -0.101. The van der Waals surface area contributed by atoms with Gasteiger partial charge in [-0.3, -0.25) is 0 Å². The number of aliphatic hydroxyl groups excluding tert-OH is 1. The molecule has 0 bridgehead atoms. The second-order valence-electron chi connectivity index (χ2n) is 5.73. The Hall–Kier alpha value is -1.40. The third-order valence-corrected chi connectivity index (χ3v) is 3.18. The Morgan fingerprint density at radius 1 is 1.55 bits per heavy atom. The molecule has 0 aliphatic carbocycles. The van der Waals surface area contributed by atoms with E-state index in [4.69, 9.17) is 4.74 Å². The first-order valence-electron chi connectivity index (χ1n) is 7.14. The molecular weight excluding hydrogens is 256 g/mol. The van der Waals surface area contributed by atoms with Crippen LogP contribution >= 0.6 is 0 Å². The largest absolute Gasteiger partial charge is 0.394 e. The molecule has 2 heterocycles. The van der Waals surface area contributed by atoms with Crippen molar-refractivity contribution in [1.29, 1.82) is 0 Å². The van der Waals surface area contributed by atoms with E-state index in [-0.39, 0.29) is 18.3 Å². The van der Waals surface area contributed by atoms with E-state index in [2.05, 4.69) is 27.1 Å². The summed E-state index contributed by atoms with van der Waals surface area (Å²) in [5.41, 5.74) is -0.298. The minimum atomic E-state index is -0.298. The molecule has 0 radical (unpaired) electrons. The van der Waals surface area contributed by atoms with Gasteiger partial charge < -0.3 is 20.1 Å². The first-order chi connectivity index (χ1) is 9.54. The van der Waals surface area contributed by atoms with Crippen LogP contribution in [0.15, 0.2) is 12.3 Å². The fourth-order valence-electron chi connectivity index (χ4n) is 2.41. The summed E-state index contributed by atoms with van der Waals surface area (Å²) in [7, 11) is 0. The first kappa shape index (κ1) is 15.0. The number of anilines is 2. The number of hydrogen-bond donors (Lipinski definition) is 2. The van der Waals surface area contributed by atoms with Crippen LogP contribution in [0.5, 0.6) is 0 Å². The van der Waals surface area contributed by atoms with Crippen molar-refractivity contribution in [1.82, 2.24) is 9.97 Å². The maximum absolute atomic E-state index is 9.36. The lowest BCUT2D eigenvalue weighted by Crippen LogP contribution is -2.54. The number of nitrogens with one attached hydrogen (secondary N) is 1. The van der Waals surface area contributed by atoms with Crippen LogP contribution in [0.25, 0.3) is 0 Å². The van der Waals surface area contributed by atoms with Gasteiger partial charge in [0.25, 0.3) is 0 Å². The lowest BCUT2D eigenvalue weighted by Gasteiger charge is -2.42. The summed E-state index contributed by atoms with van der Waals surface area (Å²) < 4.78 is 5.82. The normalized spacial score (nSPS) is 21.8. The first-order valence-corrected chi connectivity index (χ1v) is 7.14. The molecule has 1 aliphatic heterocycles. The van der Waals surface area contributed by atoms with Crippen molar-refractivity contribution >= 4 is 11.8 Å². The van der Waals surface area contributed by atoms with Gasteiger partial charge in [0, 0.05) is 25.8 Å². The molecule has 112 valence electrons. The number of aromatic nitrogens is 2. The Morgan fingerprint density at radius 2 is 2.35 bits per heavy atom. The highest BCUT2D eigenvalue weighted by atomic mass is 16.5. The molecule has 0 spiro atoms. The summed E-state index contributed by atoms with van der Waals surface area (Å²) in [5.74, 6) is 1.52. The molecule has 1 unspecified atom stereocenters. The van der Waals surface area contributed by atoms with Crippen molar-refractivity contribution < 1.29 is 9.84 Å². The van der Waals surface area contributed by atoms with Crippen LogP contribution in [0.3, 0.4) is 0 Å². The Labute approximate surface area is 120 Å². The monoisotopic (exact) mass is 280 g/mol. The highest BCUT2D eigenvalue weighted by molar-refractivity contribution is 5.43. The SMILES string of the molecule is CCCNc1nccc(N2CC(CO)OC(C)(C)C2)n1. The standard InChI is InChI=1S/C14H24N4O2/c1-4-6-15-13-16-7-5-12(17-13)18-8-11(9-19)20-14(2,3)10-18/h5,7,11,19H,4,6,8-10H2,1-3H3,(H,15,16,17). The van der Waals surface area contributed by atoms with Crippen molar-refractivity contribution in [3.63, 3.8) is 0 Å². The molecule has 1 aromatic heterocycles. The molecule has 1 fully saturated rings. The molecule has 1 atom stereocenters. The van der Waals surface area contributed by atoms with Gasteiger partial charge in [0.05, 0.1) is 18.3 Å². The van der Waals surface area contributed by atoms with Crippen LogP contribution in [0.1, 0.15) is 27.2 Å². The summed E-state index contributed by atoms with van der Waals surface area (Å²) in [4.78, 5) is 10.9. The summed E-state index contributed by atoms with van der Waals surface area (Å²) >= 11 is 0. The minimum absolute atomic E-state index is 0.0198. The van der Waals surface area contributed by atoms with Crippen LogP contribution in [0.4, 0.5) is 11.8 Å². The Morgan fingerprint density at radius 3 is 3.05 bits per heavy atom. The number of hydrogen-bond acceptors (Lipinski definition) is 6. The van der Waals surface area contributed by atoms with Crippen LogP contribution in [-0.4, -0.2) is 53.0 Å². The molecule has 0 aromatic carbocycles. The van der Waals surface area contributed by atoms with Crippen molar-refractivity contribution in [2.45, 2.75) is 38.9 Å². The van der Waals surface area contributed by atoms with E-state index in [0.717, 1.165) is 25.3 Å². The third kappa shape index (κ3) is 3.80. The average Bonchev–Trinajstić information content (AvgIpc) is 2.43. The van der Waals surface area contributed by atoms with Crippen molar-refractivity contribution in [2.75, 3.05) is 36.5 Å². The highest BCUT2D eigenvalue weighted by Gasteiger charge is 2.33. The predicted octanol–water partition coefficient (Wildman–Crippen LogP) is 1.27. The molecule has 2 N–H and O–H groups in total. The number of morpholine rings is 1. The number of aliphatic hydroxyl groups is 1. The van der Waals surface area contributed by atoms with E-state index in [1.165, 1.54) is 0 Å². The van der Waals surface area contributed by atoms with Gasteiger partial charge in [0.2, 0.25) is 5.95 Å². The molecule has 1 aromatic rings. The Balaban J connectivity index is 2.13. The van der Waals surface area contributed by atoms with Crippen molar-refractivity contribution in [2.24, 2.45) is 0 Å². The van der Waals surface area contributed by atoms with Gasteiger partial charge in [0.1, 0.15) is 5.82 Å². The van der Waals surface area contributed by atoms with Crippen molar-refractivity contribution in [3.8, 4) is 0 Å². The van der Waals surface area contributed by atoms with Crippen LogP contribution in [0, 0.1) is 0 Å². The zero-order valence-corrected chi connectivity index (χ0v) is 12.5. The highest BCUT2D eigenvalue weighted by Crippen LogP contribution is 2.25. The quantitative estimate of drug-likeness (QED) is 0.846. The minimum Gasteiger partial charge on any atom is -0.394 e. The molecular formula is C14H24N4O2. The van der Waals surface area contributed by atoms with E-state index in [1.54, 1.807) is 6.20 Å². The second-order valence-corrected chi connectivity index (χ2v) is 5.73. The van der Waals surface area contributed by atoms with Gasteiger partial charge in [-0.05, 0) is 26.3 Å². The smallest absolute Gasteiger partial charge is 0.224 e. The zero-order valence-electron chi connectivity index (χ0n) is 12.5. The number of nitrogens with zero attached hydrogens (tertiary/aromatic N) is 3. The van der Waals surface area contributed by atoms with Gasteiger partial charge >= 0.3 is 0 Å². The van der Waals surface area contributed by atoms with E-state index in [1.807, 2.05) is 19.9 Å². The topological polar surface area (TPSA) is 70.5 Å². The summed E-state index contributed by atoms with van der Waals surface area (Å²) in [6, 6.07) is 1.90. The molecule has 20 heavy (non-hydrogen) atoms. The Kier molecular flexibility index (Phi) is 4.77. The van der Waals surface area contributed by atoms with Crippen LogP contribution in [0.2, 0.25) is 0 Å². The maximum Gasteiger partial charge on any atom is 0.224 e. The molecule has 0 amide bonds. The average molecular weight is 280 g/mol. The fraction of sp³-hybridized carbons (Fsp3) is 0.714. The second kappa shape index (κ2) is 6.37. The van der Waals surface area contributed by atoms with E-state index < -0.39 is 0 Å². The number of ether oxygens (including phenoxy) is 1. The Bertz CT molecular complexity index is 439. The molecule has 6 heteroatoms. The van der Waals surface area contributed by atoms with Crippen LogP contribution < -0.4 is 10.2 Å². The predicted molar refractivity (Wildman–Crippen MR) is 79.1 cm³/mol. The zero-order chi connectivity index (χ0) is 14.6. The van der Waals surface area contributed by atoms with Gasteiger partial charge in [-0.15, -0.1) is 0 Å². The van der Waals surface area contributed by atoms with Gasteiger partial charge in [0.15, 0.2) is 0 Å². The van der Waals surface area contributed by atoms with Crippen LogP contribution in [-0.2, 0) is 4.74 Å². The molecule has 1 saturated heterocycles. The summed E-state index contributed by atoms with van der Waals surface area (Å²) in [5, 5.41) is 12.6. The van der Waals surface area contributed by atoms with Gasteiger partial charge in [-0.1, -0.05) is 6.92 Å². The summed E-state index contributed by atoms with van der Waals surface area (Å²) in [6.07, 6.45) is 2.61. The molecule has 6 nitrogen and oxygen atoms in total. The van der Waals surface area contributed by atoms with E-state index in [9.17, 15) is 5.11 Å². The fourth-order valence-corrected chi connectivity index (χ4v) is 2.41. The number of rotatable bonds is 5.